The van der Waals surface area contributed by atoms with Crippen molar-refractivity contribution in [1.82, 2.24) is 10.2 Å². The van der Waals surface area contributed by atoms with Crippen LogP contribution in [0.5, 0.6) is 5.75 Å². The highest BCUT2D eigenvalue weighted by molar-refractivity contribution is 5.96. The van der Waals surface area contributed by atoms with Gasteiger partial charge in [0.15, 0.2) is 0 Å². The Hall–Kier alpha value is -2.04. The van der Waals surface area contributed by atoms with Gasteiger partial charge in [0.05, 0.1) is 13.7 Å². The zero-order valence-electron chi connectivity index (χ0n) is 13.0. The normalized spacial score (nSPS) is 10.0. The molecule has 1 aromatic rings. The summed E-state index contributed by atoms with van der Waals surface area (Å²) in [6, 6.07) is 6.86. The third-order valence-electron chi connectivity index (χ3n) is 3.07. The van der Waals surface area contributed by atoms with Crippen LogP contribution in [0.25, 0.3) is 0 Å². The standard InChI is InChI=1S/C16H24N2O3/c1-4-9-18(10-5-2)15(19)12-17-16(20)13-7-6-8-14(11-13)21-3/h6-8,11H,4-5,9-10,12H2,1-3H3,(H,17,20). The number of carbonyl (C=O) groups excluding carboxylic acids is 2. The monoisotopic (exact) mass is 292 g/mol. The molecule has 1 N–H and O–H groups in total. The Labute approximate surface area is 126 Å². The van der Waals surface area contributed by atoms with Crippen LogP contribution in [-0.2, 0) is 4.79 Å². The highest BCUT2D eigenvalue weighted by Gasteiger charge is 2.13. The van der Waals surface area contributed by atoms with Gasteiger partial charge in [0.2, 0.25) is 5.91 Å². The molecular weight excluding hydrogens is 268 g/mol. The first-order valence-corrected chi connectivity index (χ1v) is 7.32. The Kier molecular flexibility index (Phi) is 7.29. The molecule has 0 aromatic heterocycles. The van der Waals surface area contributed by atoms with Crippen LogP contribution in [0, 0.1) is 0 Å². The summed E-state index contributed by atoms with van der Waals surface area (Å²) in [5.74, 6) is 0.303. The van der Waals surface area contributed by atoms with E-state index in [4.69, 9.17) is 4.74 Å². The summed E-state index contributed by atoms with van der Waals surface area (Å²) in [5.41, 5.74) is 0.486. The summed E-state index contributed by atoms with van der Waals surface area (Å²) in [6.07, 6.45) is 1.82. The van der Waals surface area contributed by atoms with E-state index in [1.165, 1.54) is 0 Å². The molecule has 0 atom stereocenters. The van der Waals surface area contributed by atoms with Crippen LogP contribution in [0.4, 0.5) is 0 Å². The molecule has 116 valence electrons. The minimum absolute atomic E-state index is 0.0239. The molecule has 0 aliphatic rings. The van der Waals surface area contributed by atoms with Crippen molar-refractivity contribution in [1.29, 1.82) is 0 Å². The van der Waals surface area contributed by atoms with E-state index < -0.39 is 0 Å². The maximum atomic E-state index is 12.1. The fraction of sp³-hybridized carbons (Fsp3) is 0.500. The second-order valence-corrected chi connectivity index (χ2v) is 4.80. The van der Waals surface area contributed by atoms with Crippen molar-refractivity contribution in [3.05, 3.63) is 29.8 Å². The van der Waals surface area contributed by atoms with Crippen molar-refractivity contribution in [2.24, 2.45) is 0 Å². The third kappa shape index (κ3) is 5.45. The van der Waals surface area contributed by atoms with E-state index in [1.54, 1.807) is 36.3 Å². The van der Waals surface area contributed by atoms with Crippen LogP contribution in [0.15, 0.2) is 24.3 Å². The molecule has 0 heterocycles. The Morgan fingerprint density at radius 1 is 1.19 bits per heavy atom. The Balaban J connectivity index is 2.56. The van der Waals surface area contributed by atoms with Crippen molar-refractivity contribution < 1.29 is 14.3 Å². The summed E-state index contributed by atoms with van der Waals surface area (Å²) in [5, 5.41) is 2.66. The molecule has 0 aliphatic heterocycles. The molecule has 0 saturated heterocycles. The van der Waals surface area contributed by atoms with Crippen LogP contribution in [-0.4, -0.2) is 43.5 Å². The van der Waals surface area contributed by atoms with E-state index in [-0.39, 0.29) is 18.4 Å². The molecule has 2 amide bonds. The summed E-state index contributed by atoms with van der Waals surface area (Å²) in [4.78, 5) is 25.9. The first kappa shape index (κ1) is 17.0. The zero-order chi connectivity index (χ0) is 15.7. The quantitative estimate of drug-likeness (QED) is 0.798. The molecule has 5 heteroatoms. The van der Waals surface area contributed by atoms with Gasteiger partial charge in [-0.05, 0) is 31.0 Å². The lowest BCUT2D eigenvalue weighted by Crippen LogP contribution is -2.40. The van der Waals surface area contributed by atoms with Gasteiger partial charge in [-0.15, -0.1) is 0 Å². The fourth-order valence-corrected chi connectivity index (χ4v) is 2.04. The van der Waals surface area contributed by atoms with E-state index in [0.717, 1.165) is 25.9 Å². The summed E-state index contributed by atoms with van der Waals surface area (Å²) in [7, 11) is 1.55. The van der Waals surface area contributed by atoms with Crippen molar-refractivity contribution >= 4 is 11.8 Å². The number of nitrogens with zero attached hydrogens (tertiary/aromatic N) is 1. The van der Waals surface area contributed by atoms with Crippen LogP contribution in [0.2, 0.25) is 0 Å². The lowest BCUT2D eigenvalue weighted by atomic mass is 10.2. The molecule has 0 spiro atoms. The number of benzene rings is 1. The Bertz CT molecular complexity index is 468. The maximum absolute atomic E-state index is 12.1. The topological polar surface area (TPSA) is 58.6 Å². The van der Waals surface area contributed by atoms with Gasteiger partial charge >= 0.3 is 0 Å². The smallest absolute Gasteiger partial charge is 0.251 e. The molecule has 0 unspecified atom stereocenters. The van der Waals surface area contributed by atoms with E-state index in [1.807, 2.05) is 13.8 Å². The van der Waals surface area contributed by atoms with E-state index in [9.17, 15) is 9.59 Å². The average Bonchev–Trinajstić information content (AvgIpc) is 2.52. The largest absolute Gasteiger partial charge is 0.497 e. The van der Waals surface area contributed by atoms with Crippen molar-refractivity contribution in [3.8, 4) is 5.75 Å². The number of nitrogens with one attached hydrogen (secondary N) is 1. The molecule has 1 rings (SSSR count). The number of hydrogen-bond donors (Lipinski definition) is 1. The SMILES string of the molecule is CCCN(CCC)C(=O)CNC(=O)c1cccc(OC)c1. The number of methoxy groups -OCH3 is 1. The minimum atomic E-state index is -0.268. The first-order valence-electron chi connectivity index (χ1n) is 7.32. The number of hydrogen-bond acceptors (Lipinski definition) is 3. The van der Waals surface area contributed by atoms with E-state index in [2.05, 4.69) is 5.32 Å². The highest BCUT2D eigenvalue weighted by Crippen LogP contribution is 2.12. The van der Waals surface area contributed by atoms with Gasteiger partial charge < -0.3 is 15.0 Å². The van der Waals surface area contributed by atoms with Crippen LogP contribution in [0.1, 0.15) is 37.0 Å². The first-order chi connectivity index (χ1) is 10.1. The molecule has 0 radical (unpaired) electrons. The molecule has 21 heavy (non-hydrogen) atoms. The zero-order valence-corrected chi connectivity index (χ0v) is 13.0. The summed E-state index contributed by atoms with van der Waals surface area (Å²) < 4.78 is 5.08. The Morgan fingerprint density at radius 2 is 1.86 bits per heavy atom. The van der Waals surface area contributed by atoms with Gasteiger partial charge in [-0.25, -0.2) is 0 Å². The summed E-state index contributed by atoms with van der Waals surface area (Å²) >= 11 is 0. The molecule has 1 aromatic carbocycles. The minimum Gasteiger partial charge on any atom is -0.497 e. The Morgan fingerprint density at radius 3 is 2.43 bits per heavy atom. The van der Waals surface area contributed by atoms with Crippen LogP contribution >= 0.6 is 0 Å². The van der Waals surface area contributed by atoms with Crippen LogP contribution < -0.4 is 10.1 Å². The number of rotatable bonds is 8. The fourth-order valence-electron chi connectivity index (χ4n) is 2.04. The van der Waals surface area contributed by atoms with Crippen molar-refractivity contribution in [2.75, 3.05) is 26.7 Å². The second-order valence-electron chi connectivity index (χ2n) is 4.80. The van der Waals surface area contributed by atoms with Crippen molar-refractivity contribution in [2.45, 2.75) is 26.7 Å². The molecule has 5 nitrogen and oxygen atoms in total. The molecule has 0 aliphatic carbocycles. The molecular formula is C16H24N2O3. The summed E-state index contributed by atoms with van der Waals surface area (Å²) in [6.45, 7) is 5.54. The van der Waals surface area contributed by atoms with Gasteiger partial charge in [0.25, 0.3) is 5.91 Å². The third-order valence-corrected chi connectivity index (χ3v) is 3.07. The maximum Gasteiger partial charge on any atom is 0.251 e. The van der Waals surface area contributed by atoms with Gasteiger partial charge in [-0.2, -0.15) is 0 Å². The number of ether oxygens (including phenoxy) is 1. The predicted molar refractivity (Wildman–Crippen MR) is 82.5 cm³/mol. The average molecular weight is 292 g/mol. The lowest BCUT2D eigenvalue weighted by molar-refractivity contribution is -0.130. The van der Waals surface area contributed by atoms with E-state index in [0.29, 0.717) is 11.3 Å². The van der Waals surface area contributed by atoms with Crippen LogP contribution in [0.3, 0.4) is 0 Å². The highest BCUT2D eigenvalue weighted by atomic mass is 16.5. The van der Waals surface area contributed by atoms with Gasteiger partial charge in [0.1, 0.15) is 5.75 Å². The second kappa shape index (κ2) is 9.00. The molecule has 0 bridgehead atoms. The van der Waals surface area contributed by atoms with E-state index >= 15 is 0 Å². The number of amides is 2. The van der Waals surface area contributed by atoms with Crippen molar-refractivity contribution in [3.63, 3.8) is 0 Å². The van der Waals surface area contributed by atoms with Gasteiger partial charge in [0, 0.05) is 18.7 Å². The predicted octanol–water partition coefficient (Wildman–Crippen LogP) is 2.07. The number of carbonyl (C=O) groups is 2. The van der Waals surface area contributed by atoms with Gasteiger partial charge in [-0.1, -0.05) is 19.9 Å². The van der Waals surface area contributed by atoms with Gasteiger partial charge in [-0.3, -0.25) is 9.59 Å². The molecule has 0 saturated carbocycles. The molecule has 0 fully saturated rings. The lowest BCUT2D eigenvalue weighted by Gasteiger charge is -2.21.